The number of carbonyl (C=O) groups excluding carboxylic acids is 2. The van der Waals surface area contributed by atoms with Crippen LogP contribution in [0.1, 0.15) is 29.7 Å². The maximum Gasteiger partial charge on any atom is 0.287 e. The first-order valence-corrected chi connectivity index (χ1v) is 14.8. The van der Waals surface area contributed by atoms with E-state index in [0.717, 1.165) is 18.2 Å². The van der Waals surface area contributed by atoms with Crippen LogP contribution in [-0.2, 0) is 16.3 Å². The minimum Gasteiger partial charge on any atom is -0.361 e. The van der Waals surface area contributed by atoms with Gasteiger partial charge in [-0.1, -0.05) is 37.9 Å². The van der Waals surface area contributed by atoms with Gasteiger partial charge in [-0.25, -0.2) is 4.98 Å². The second kappa shape index (κ2) is 14.4. The molecule has 1 rings (SSSR count). The smallest absolute Gasteiger partial charge is 0.287 e. The van der Waals surface area contributed by atoms with Crippen LogP contribution in [0.4, 0.5) is 0 Å². The van der Waals surface area contributed by atoms with Crippen molar-refractivity contribution in [1.82, 2.24) is 25.1 Å². The van der Waals surface area contributed by atoms with Crippen molar-refractivity contribution in [3.05, 3.63) is 41.5 Å². The highest BCUT2D eigenvalue weighted by atomic mass is 28.3. The molecule has 0 fully saturated rings. The topological polar surface area (TPSA) is 112 Å². The number of carbonyl (C=O) groups is 2. The molecule has 0 aliphatic heterocycles. The molecule has 10 heteroatoms. The summed E-state index contributed by atoms with van der Waals surface area (Å²) in [7, 11) is 2.70. The highest BCUT2D eigenvalue weighted by molar-refractivity contribution is 6.76. The quantitative estimate of drug-likeness (QED) is 0.243. The Bertz CT molecular complexity index is 878. The summed E-state index contributed by atoms with van der Waals surface area (Å²) in [4.78, 5) is 30.7. The molecule has 0 aromatic carbocycles. The van der Waals surface area contributed by atoms with Crippen molar-refractivity contribution in [3.8, 4) is 6.07 Å². The normalized spacial score (nSPS) is 12.2. The predicted octanol–water partition coefficient (Wildman–Crippen LogP) is 2.37. The van der Waals surface area contributed by atoms with Crippen molar-refractivity contribution in [2.24, 2.45) is 0 Å². The van der Waals surface area contributed by atoms with Gasteiger partial charge in [0.25, 0.3) is 5.91 Å². The fraction of sp³-hybridized carbons (Fsp3) is 0.565. The van der Waals surface area contributed by atoms with Crippen LogP contribution < -0.4 is 10.6 Å². The van der Waals surface area contributed by atoms with E-state index < -0.39 is 14.0 Å². The summed E-state index contributed by atoms with van der Waals surface area (Å²) in [5.74, 6) is -0.295. The second-order valence-corrected chi connectivity index (χ2v) is 14.8. The van der Waals surface area contributed by atoms with Crippen LogP contribution in [0.25, 0.3) is 0 Å². The Hall–Kier alpha value is -2.74. The standard InChI is InChI=1S/C23H38N6O3Si/c1-7-19(15-21(30)25-11-12-28(2)3)9-8-10-26-23(31)22-27-20(16-24)17-29(22)18-32-13-14-33(4,5)6/h7-9,17H,10-15,18H2,1-6H3,(H,25,30)(H,26,31)/b9-8-,19-7+. The fourth-order valence-electron chi connectivity index (χ4n) is 2.66. The molecule has 0 spiro atoms. The van der Waals surface area contributed by atoms with Gasteiger partial charge in [-0.15, -0.1) is 0 Å². The molecule has 0 radical (unpaired) electrons. The number of hydrogen-bond acceptors (Lipinski definition) is 6. The van der Waals surface area contributed by atoms with Crippen molar-refractivity contribution >= 4 is 19.9 Å². The molecule has 0 aliphatic carbocycles. The lowest BCUT2D eigenvalue weighted by molar-refractivity contribution is -0.120. The molecule has 1 heterocycles. The summed E-state index contributed by atoms with van der Waals surface area (Å²) < 4.78 is 7.25. The van der Waals surface area contributed by atoms with Crippen molar-refractivity contribution in [2.45, 2.75) is 45.8 Å². The molecular weight excluding hydrogens is 436 g/mol. The number of aromatic nitrogens is 2. The van der Waals surface area contributed by atoms with Crippen molar-refractivity contribution in [1.29, 1.82) is 5.26 Å². The van der Waals surface area contributed by atoms with Crippen LogP contribution in [-0.4, -0.2) is 74.7 Å². The second-order valence-electron chi connectivity index (χ2n) is 9.19. The van der Waals surface area contributed by atoms with Crippen molar-refractivity contribution in [2.75, 3.05) is 40.3 Å². The number of rotatable bonds is 14. The third-order valence-corrected chi connectivity index (χ3v) is 6.35. The Morgan fingerprint density at radius 3 is 2.64 bits per heavy atom. The first kappa shape index (κ1) is 28.3. The maximum atomic E-state index is 12.6. The number of amides is 2. The molecule has 2 amide bonds. The monoisotopic (exact) mass is 474 g/mol. The van der Waals surface area contributed by atoms with Gasteiger partial charge in [0.2, 0.25) is 11.7 Å². The summed E-state index contributed by atoms with van der Waals surface area (Å²) >= 11 is 0. The van der Waals surface area contributed by atoms with Crippen LogP contribution in [0.2, 0.25) is 25.7 Å². The lowest BCUT2D eigenvalue weighted by Gasteiger charge is -2.15. The van der Waals surface area contributed by atoms with E-state index in [2.05, 4.69) is 35.3 Å². The molecule has 0 aliphatic rings. The van der Waals surface area contributed by atoms with E-state index in [-0.39, 0.29) is 37.1 Å². The van der Waals surface area contributed by atoms with Gasteiger partial charge < -0.3 is 24.8 Å². The van der Waals surface area contributed by atoms with E-state index in [1.165, 1.54) is 6.20 Å². The average Bonchev–Trinajstić information content (AvgIpc) is 3.15. The molecule has 33 heavy (non-hydrogen) atoms. The van der Waals surface area contributed by atoms with Gasteiger partial charge in [0.1, 0.15) is 12.8 Å². The molecule has 182 valence electrons. The molecule has 9 nitrogen and oxygen atoms in total. The lowest BCUT2D eigenvalue weighted by atomic mass is 10.1. The molecule has 2 N–H and O–H groups in total. The third kappa shape index (κ3) is 12.2. The number of likely N-dealkylation sites (N-methyl/N-ethyl adjacent to an activating group) is 1. The van der Waals surface area contributed by atoms with Crippen molar-refractivity contribution in [3.63, 3.8) is 0 Å². The van der Waals surface area contributed by atoms with Crippen LogP contribution in [0.15, 0.2) is 30.0 Å². The van der Waals surface area contributed by atoms with E-state index >= 15 is 0 Å². The number of hydrogen-bond donors (Lipinski definition) is 2. The van der Waals surface area contributed by atoms with Gasteiger partial charge >= 0.3 is 0 Å². The van der Waals surface area contributed by atoms with Crippen molar-refractivity contribution < 1.29 is 14.3 Å². The number of allylic oxidation sites excluding steroid dienone is 2. The maximum absolute atomic E-state index is 12.6. The van der Waals surface area contributed by atoms with Gasteiger partial charge in [-0.2, -0.15) is 5.26 Å². The molecule has 0 saturated carbocycles. The van der Waals surface area contributed by atoms with E-state index in [0.29, 0.717) is 13.2 Å². The first-order valence-electron chi connectivity index (χ1n) is 11.1. The number of nitriles is 1. The Morgan fingerprint density at radius 1 is 1.30 bits per heavy atom. The largest absolute Gasteiger partial charge is 0.361 e. The zero-order valence-corrected chi connectivity index (χ0v) is 21.8. The Morgan fingerprint density at radius 2 is 2.03 bits per heavy atom. The van der Waals surface area contributed by atoms with E-state index in [1.807, 2.05) is 44.1 Å². The lowest BCUT2D eigenvalue weighted by Crippen LogP contribution is -2.31. The summed E-state index contributed by atoms with van der Waals surface area (Å²) in [6.07, 6.45) is 7.26. The molecule has 0 unspecified atom stereocenters. The van der Waals surface area contributed by atoms with Crippen LogP contribution in [0.5, 0.6) is 0 Å². The van der Waals surface area contributed by atoms with E-state index in [9.17, 15) is 9.59 Å². The minimum atomic E-state index is -1.21. The summed E-state index contributed by atoms with van der Waals surface area (Å²) in [6, 6.07) is 2.98. The Labute approximate surface area is 198 Å². The fourth-order valence-corrected chi connectivity index (χ4v) is 3.41. The molecule has 1 aromatic rings. The zero-order valence-electron chi connectivity index (χ0n) is 20.8. The van der Waals surface area contributed by atoms with Crippen LogP contribution in [0.3, 0.4) is 0 Å². The van der Waals surface area contributed by atoms with E-state index in [4.69, 9.17) is 10.00 Å². The molecule has 0 bridgehead atoms. The van der Waals surface area contributed by atoms with Gasteiger partial charge in [-0.05, 0) is 32.6 Å². The molecule has 0 saturated heterocycles. The Kier molecular flexibility index (Phi) is 12.4. The number of nitrogens with one attached hydrogen (secondary N) is 2. The number of imidazole rings is 1. The zero-order chi connectivity index (χ0) is 24.9. The SMILES string of the molecule is C/C=C(\C=C/CNC(=O)c1nc(C#N)cn1COCC[Si](C)(C)C)CC(=O)NCCN(C)C. The van der Waals surface area contributed by atoms with Crippen LogP contribution >= 0.6 is 0 Å². The van der Waals surface area contributed by atoms with Crippen LogP contribution in [0, 0.1) is 11.3 Å². The van der Waals surface area contributed by atoms with Gasteiger partial charge in [-0.3, -0.25) is 9.59 Å². The predicted molar refractivity (Wildman–Crippen MR) is 132 cm³/mol. The summed E-state index contributed by atoms with van der Waals surface area (Å²) in [6.45, 7) is 11.1. The first-order chi connectivity index (χ1) is 15.6. The molecule has 0 atom stereocenters. The van der Waals surface area contributed by atoms with Gasteiger partial charge in [0, 0.05) is 40.5 Å². The molecular formula is C23H38N6O3Si. The third-order valence-electron chi connectivity index (χ3n) is 4.65. The van der Waals surface area contributed by atoms with Gasteiger partial charge in [0.05, 0.1) is 6.42 Å². The summed E-state index contributed by atoms with van der Waals surface area (Å²) in [5.41, 5.74) is 1.02. The highest BCUT2D eigenvalue weighted by Crippen LogP contribution is 2.09. The number of nitrogens with zero attached hydrogens (tertiary/aromatic N) is 4. The molecule has 1 aromatic heterocycles. The van der Waals surface area contributed by atoms with Gasteiger partial charge in [0.15, 0.2) is 5.69 Å². The Balaban J connectivity index is 2.56. The number of ether oxygens (including phenoxy) is 1. The van der Waals surface area contributed by atoms with E-state index in [1.54, 1.807) is 10.6 Å². The highest BCUT2D eigenvalue weighted by Gasteiger charge is 2.16. The summed E-state index contributed by atoms with van der Waals surface area (Å²) in [5, 5.41) is 14.8. The average molecular weight is 475 g/mol. The minimum absolute atomic E-state index is 0.0428.